The number of benzene rings is 1. The zero-order chi connectivity index (χ0) is 18.9. The van der Waals surface area contributed by atoms with Crippen molar-refractivity contribution in [3.63, 3.8) is 0 Å². The van der Waals surface area contributed by atoms with Crippen LogP contribution in [0.25, 0.3) is 0 Å². The molecule has 1 fully saturated rings. The highest BCUT2D eigenvalue weighted by Gasteiger charge is 2.21. The van der Waals surface area contributed by atoms with Crippen LogP contribution in [0.4, 0.5) is 10.5 Å². The Morgan fingerprint density at radius 2 is 2.00 bits per heavy atom. The molecule has 1 aromatic carbocycles. The van der Waals surface area contributed by atoms with Crippen LogP contribution in [0, 0.1) is 11.3 Å². The lowest BCUT2D eigenvalue weighted by Crippen LogP contribution is -2.46. The van der Waals surface area contributed by atoms with E-state index in [1.165, 1.54) is 38.5 Å². The highest BCUT2D eigenvalue weighted by atomic mass is 16.2. The van der Waals surface area contributed by atoms with Gasteiger partial charge in [-0.05, 0) is 56.7 Å². The van der Waals surface area contributed by atoms with Crippen molar-refractivity contribution in [2.75, 3.05) is 25.0 Å². The Bertz CT molecular complexity index is 699. The molecule has 0 radical (unpaired) electrons. The van der Waals surface area contributed by atoms with E-state index in [9.17, 15) is 4.79 Å². The van der Waals surface area contributed by atoms with Crippen molar-refractivity contribution >= 4 is 11.7 Å². The Morgan fingerprint density at radius 3 is 2.81 bits per heavy atom. The van der Waals surface area contributed by atoms with Crippen LogP contribution >= 0.6 is 0 Å². The number of amides is 2. The first-order chi connectivity index (χ1) is 13.2. The zero-order valence-corrected chi connectivity index (χ0v) is 16.0. The van der Waals surface area contributed by atoms with Gasteiger partial charge in [0.25, 0.3) is 0 Å². The summed E-state index contributed by atoms with van der Waals surface area (Å²) in [6.45, 7) is 3.16. The fourth-order valence-corrected chi connectivity index (χ4v) is 3.94. The molecule has 2 aliphatic rings. The average Bonchev–Trinajstić information content (AvgIpc) is 2.65. The van der Waals surface area contributed by atoms with Crippen molar-refractivity contribution in [2.45, 2.75) is 57.4 Å². The van der Waals surface area contributed by atoms with Crippen molar-refractivity contribution < 1.29 is 4.79 Å². The number of carbonyl (C=O) groups excluding carboxylic acids is 1. The molecule has 1 heterocycles. The summed E-state index contributed by atoms with van der Waals surface area (Å²) < 4.78 is 0. The number of rotatable bonds is 4. The molecule has 0 aromatic heterocycles. The molecule has 27 heavy (non-hydrogen) atoms. The first-order valence-corrected chi connectivity index (χ1v) is 10.2. The number of urea groups is 1. The van der Waals surface area contributed by atoms with E-state index in [2.05, 4.69) is 27.7 Å². The van der Waals surface area contributed by atoms with Gasteiger partial charge in [0.05, 0.1) is 11.6 Å². The summed E-state index contributed by atoms with van der Waals surface area (Å²) in [6, 6.07) is 9.10. The van der Waals surface area contributed by atoms with Crippen LogP contribution in [-0.4, -0.2) is 36.6 Å². The molecule has 1 saturated heterocycles. The van der Waals surface area contributed by atoms with Gasteiger partial charge in [0.1, 0.15) is 0 Å². The molecule has 1 aliphatic heterocycles. The van der Waals surface area contributed by atoms with E-state index in [0.29, 0.717) is 11.3 Å². The molecule has 0 atom stereocenters. The molecule has 5 nitrogen and oxygen atoms in total. The number of hydrogen-bond acceptors (Lipinski definition) is 3. The molecule has 0 saturated carbocycles. The number of hydrogen-bond donors (Lipinski definition) is 2. The maximum Gasteiger partial charge on any atom is 0.319 e. The monoisotopic (exact) mass is 366 g/mol. The van der Waals surface area contributed by atoms with Crippen molar-refractivity contribution in [2.24, 2.45) is 0 Å². The van der Waals surface area contributed by atoms with Gasteiger partial charge in [-0.3, -0.25) is 4.90 Å². The smallest absolute Gasteiger partial charge is 0.319 e. The molecule has 2 amide bonds. The predicted octanol–water partition coefficient (Wildman–Crippen LogP) is 4.42. The van der Waals surface area contributed by atoms with E-state index in [1.807, 2.05) is 0 Å². The van der Waals surface area contributed by atoms with Gasteiger partial charge in [0.15, 0.2) is 0 Å². The van der Waals surface area contributed by atoms with E-state index >= 15 is 0 Å². The first-order valence-electron chi connectivity index (χ1n) is 10.2. The predicted molar refractivity (Wildman–Crippen MR) is 109 cm³/mol. The third-order valence-electron chi connectivity index (χ3n) is 5.48. The Morgan fingerprint density at radius 1 is 1.19 bits per heavy atom. The Labute approximate surface area is 162 Å². The summed E-state index contributed by atoms with van der Waals surface area (Å²) in [4.78, 5) is 14.7. The van der Waals surface area contributed by atoms with E-state index in [-0.39, 0.29) is 12.1 Å². The van der Waals surface area contributed by atoms with E-state index in [0.717, 1.165) is 32.5 Å². The molecule has 2 N–H and O–H groups in total. The number of carbonyl (C=O) groups is 1. The van der Waals surface area contributed by atoms with Crippen molar-refractivity contribution in [3.8, 4) is 6.07 Å². The van der Waals surface area contributed by atoms with Crippen molar-refractivity contribution in [3.05, 3.63) is 41.5 Å². The molecular weight excluding hydrogens is 336 g/mol. The molecule has 3 rings (SSSR count). The summed E-state index contributed by atoms with van der Waals surface area (Å²) >= 11 is 0. The second-order valence-electron chi connectivity index (χ2n) is 7.66. The third-order valence-corrected chi connectivity index (χ3v) is 5.48. The van der Waals surface area contributed by atoms with Crippen LogP contribution in [-0.2, 0) is 0 Å². The topological polar surface area (TPSA) is 68.2 Å². The number of anilines is 1. The van der Waals surface area contributed by atoms with Gasteiger partial charge in [-0.2, -0.15) is 5.26 Å². The maximum atomic E-state index is 12.2. The second kappa shape index (κ2) is 10.1. The number of allylic oxidation sites excluding steroid dienone is 1. The van der Waals surface area contributed by atoms with Crippen molar-refractivity contribution in [1.29, 1.82) is 5.26 Å². The summed E-state index contributed by atoms with van der Waals surface area (Å²) in [5.74, 6) is 0. The minimum Gasteiger partial charge on any atom is -0.335 e. The first kappa shape index (κ1) is 19.4. The van der Waals surface area contributed by atoms with Crippen LogP contribution in [0.15, 0.2) is 35.9 Å². The third kappa shape index (κ3) is 6.41. The van der Waals surface area contributed by atoms with E-state index in [1.54, 1.807) is 29.8 Å². The normalized spacial score (nSPS) is 21.2. The van der Waals surface area contributed by atoms with Gasteiger partial charge in [-0.25, -0.2) is 4.79 Å². The molecule has 5 heteroatoms. The minimum atomic E-state index is -0.189. The quantitative estimate of drug-likeness (QED) is 0.775. The van der Waals surface area contributed by atoms with Gasteiger partial charge in [0, 0.05) is 31.4 Å². The lowest BCUT2D eigenvalue weighted by atomic mass is 9.98. The lowest BCUT2D eigenvalue weighted by Gasteiger charge is -2.33. The van der Waals surface area contributed by atoms with Crippen LogP contribution in [0.1, 0.15) is 56.9 Å². The molecule has 0 bridgehead atoms. The van der Waals surface area contributed by atoms with Crippen LogP contribution in [0.3, 0.4) is 0 Å². The molecular formula is C22H30N4O. The SMILES string of the molecule is N#Cc1cccc(NC(=O)NC2CCN(C/C3=C/CCCCCC3)CC2)c1. The fourth-order valence-electron chi connectivity index (χ4n) is 3.94. The Kier molecular flexibility index (Phi) is 7.29. The summed E-state index contributed by atoms with van der Waals surface area (Å²) in [5.41, 5.74) is 2.81. The number of nitriles is 1. The summed E-state index contributed by atoms with van der Waals surface area (Å²) in [6.07, 6.45) is 12.3. The molecule has 0 spiro atoms. The van der Waals surface area contributed by atoms with Gasteiger partial charge < -0.3 is 10.6 Å². The van der Waals surface area contributed by atoms with E-state index < -0.39 is 0 Å². The zero-order valence-electron chi connectivity index (χ0n) is 16.0. The largest absolute Gasteiger partial charge is 0.335 e. The van der Waals surface area contributed by atoms with Gasteiger partial charge >= 0.3 is 6.03 Å². The summed E-state index contributed by atoms with van der Waals surface area (Å²) in [5, 5.41) is 14.8. The van der Waals surface area contributed by atoms with Gasteiger partial charge in [-0.15, -0.1) is 0 Å². The van der Waals surface area contributed by atoms with Gasteiger partial charge in [-0.1, -0.05) is 30.6 Å². The Balaban J connectivity index is 1.41. The number of piperidine rings is 1. The van der Waals surface area contributed by atoms with Crippen LogP contribution < -0.4 is 10.6 Å². The highest BCUT2D eigenvalue weighted by Crippen LogP contribution is 2.20. The molecule has 1 aliphatic carbocycles. The van der Waals surface area contributed by atoms with Gasteiger partial charge in [0.2, 0.25) is 0 Å². The lowest BCUT2D eigenvalue weighted by molar-refractivity contribution is 0.205. The molecule has 144 valence electrons. The molecule has 1 aromatic rings. The number of nitrogens with zero attached hydrogens (tertiary/aromatic N) is 2. The number of nitrogens with one attached hydrogen (secondary N) is 2. The minimum absolute atomic E-state index is 0.189. The van der Waals surface area contributed by atoms with Crippen LogP contribution in [0.2, 0.25) is 0 Å². The number of likely N-dealkylation sites (tertiary alicyclic amines) is 1. The average molecular weight is 367 g/mol. The standard InChI is InChI=1S/C22H30N4O/c23-16-19-9-6-10-21(15-19)25-22(27)24-20-11-13-26(14-12-20)17-18-7-4-2-1-3-5-8-18/h6-7,9-10,15,20H,1-5,8,11-14,17H2,(H2,24,25,27)/b18-7+. The maximum absolute atomic E-state index is 12.2. The Hall–Kier alpha value is -2.32. The fraction of sp³-hybridized carbons (Fsp3) is 0.545. The second-order valence-corrected chi connectivity index (χ2v) is 7.66. The van der Waals surface area contributed by atoms with Crippen LogP contribution in [0.5, 0.6) is 0 Å². The summed E-state index contributed by atoms with van der Waals surface area (Å²) in [7, 11) is 0. The highest BCUT2D eigenvalue weighted by molar-refractivity contribution is 5.89. The van der Waals surface area contributed by atoms with Crippen molar-refractivity contribution in [1.82, 2.24) is 10.2 Å². The molecule has 0 unspecified atom stereocenters. The van der Waals surface area contributed by atoms with E-state index in [4.69, 9.17) is 5.26 Å².